The van der Waals surface area contributed by atoms with E-state index in [1.807, 2.05) is 0 Å². The molecule has 0 aliphatic rings. The topological polar surface area (TPSA) is 102 Å². The summed E-state index contributed by atoms with van der Waals surface area (Å²) in [6.45, 7) is 4.00. The molecule has 0 aromatic heterocycles. The smallest absolute Gasteiger partial charge is 0.308 e. The SMILES string of the molecule is CC(=O)CNC[C@@H](O)c1cc(Cl)c(OC(C)=O)c(OC(C)=O)c1. The van der Waals surface area contributed by atoms with E-state index >= 15 is 0 Å². The van der Waals surface area contributed by atoms with Crippen molar-refractivity contribution in [1.82, 2.24) is 5.32 Å². The molecule has 7 nitrogen and oxygen atoms in total. The molecule has 0 bridgehead atoms. The highest BCUT2D eigenvalue weighted by atomic mass is 35.5. The maximum Gasteiger partial charge on any atom is 0.308 e. The average Bonchev–Trinajstić information content (AvgIpc) is 2.40. The van der Waals surface area contributed by atoms with Crippen molar-refractivity contribution in [3.63, 3.8) is 0 Å². The minimum atomic E-state index is -0.993. The van der Waals surface area contributed by atoms with Crippen LogP contribution < -0.4 is 14.8 Å². The first-order valence-corrected chi connectivity index (χ1v) is 7.17. The van der Waals surface area contributed by atoms with E-state index in [1.54, 1.807) is 0 Å². The number of carbonyl (C=O) groups is 3. The molecule has 2 N–H and O–H groups in total. The summed E-state index contributed by atoms with van der Waals surface area (Å²) in [5, 5.41) is 12.9. The molecular weight excluding hydrogens is 326 g/mol. The Hall–Kier alpha value is -1.96. The van der Waals surface area contributed by atoms with Gasteiger partial charge < -0.3 is 19.9 Å². The first-order chi connectivity index (χ1) is 10.7. The van der Waals surface area contributed by atoms with Gasteiger partial charge in [0.25, 0.3) is 0 Å². The lowest BCUT2D eigenvalue weighted by atomic mass is 10.1. The predicted molar refractivity (Wildman–Crippen MR) is 82.6 cm³/mol. The van der Waals surface area contributed by atoms with Crippen LogP contribution in [0.2, 0.25) is 5.02 Å². The molecule has 0 radical (unpaired) electrons. The Morgan fingerprint density at radius 1 is 1.17 bits per heavy atom. The van der Waals surface area contributed by atoms with Gasteiger partial charge in [-0.2, -0.15) is 0 Å². The summed E-state index contributed by atoms with van der Waals surface area (Å²) < 4.78 is 9.91. The summed E-state index contributed by atoms with van der Waals surface area (Å²) in [4.78, 5) is 33.2. The van der Waals surface area contributed by atoms with Gasteiger partial charge in [-0.05, 0) is 24.6 Å². The Kier molecular flexibility index (Phi) is 7.15. The third-order valence-corrected chi connectivity index (χ3v) is 2.91. The first-order valence-electron chi connectivity index (χ1n) is 6.79. The van der Waals surface area contributed by atoms with E-state index in [0.29, 0.717) is 5.56 Å². The van der Waals surface area contributed by atoms with Gasteiger partial charge in [0.2, 0.25) is 0 Å². The second-order valence-electron chi connectivity index (χ2n) is 4.87. The molecule has 0 aliphatic carbocycles. The van der Waals surface area contributed by atoms with Gasteiger partial charge in [-0.3, -0.25) is 14.4 Å². The van der Waals surface area contributed by atoms with Gasteiger partial charge >= 0.3 is 11.9 Å². The van der Waals surface area contributed by atoms with Gasteiger partial charge in [0.05, 0.1) is 17.7 Å². The van der Waals surface area contributed by atoms with Crippen LogP contribution in [-0.2, 0) is 14.4 Å². The highest BCUT2D eigenvalue weighted by molar-refractivity contribution is 6.32. The monoisotopic (exact) mass is 343 g/mol. The van der Waals surface area contributed by atoms with E-state index in [2.05, 4.69) is 5.32 Å². The quantitative estimate of drug-likeness (QED) is 0.570. The largest absolute Gasteiger partial charge is 0.423 e. The number of aliphatic hydroxyl groups excluding tert-OH is 1. The molecule has 1 aromatic carbocycles. The van der Waals surface area contributed by atoms with E-state index in [1.165, 1.54) is 32.9 Å². The zero-order valence-electron chi connectivity index (χ0n) is 13.0. The van der Waals surface area contributed by atoms with E-state index in [-0.39, 0.29) is 35.4 Å². The summed E-state index contributed by atoms with van der Waals surface area (Å²) >= 11 is 6.04. The van der Waals surface area contributed by atoms with Crippen molar-refractivity contribution in [1.29, 1.82) is 0 Å². The van der Waals surface area contributed by atoms with Crippen molar-refractivity contribution in [2.75, 3.05) is 13.1 Å². The fraction of sp³-hybridized carbons (Fsp3) is 0.400. The summed E-state index contributed by atoms with van der Waals surface area (Å²) in [6.07, 6.45) is -0.993. The molecule has 0 fully saturated rings. The highest BCUT2D eigenvalue weighted by Gasteiger charge is 2.19. The molecule has 8 heteroatoms. The number of carbonyl (C=O) groups excluding carboxylic acids is 3. The molecule has 0 unspecified atom stereocenters. The zero-order chi connectivity index (χ0) is 17.6. The molecule has 0 saturated carbocycles. The van der Waals surface area contributed by atoms with Gasteiger partial charge in [-0.1, -0.05) is 11.6 Å². The second kappa shape index (κ2) is 8.61. The molecule has 1 atom stereocenters. The maximum absolute atomic E-state index is 11.2. The van der Waals surface area contributed by atoms with Crippen molar-refractivity contribution in [2.24, 2.45) is 0 Å². The molecule has 0 spiro atoms. The number of hydrogen-bond acceptors (Lipinski definition) is 7. The molecule has 1 rings (SSSR count). The van der Waals surface area contributed by atoms with Crippen LogP contribution in [0.4, 0.5) is 0 Å². The lowest BCUT2D eigenvalue weighted by molar-refractivity contribution is -0.134. The summed E-state index contributed by atoms with van der Waals surface area (Å²) in [5.74, 6) is -1.49. The van der Waals surface area contributed by atoms with Gasteiger partial charge in [0.15, 0.2) is 11.5 Å². The zero-order valence-corrected chi connectivity index (χ0v) is 13.8. The molecule has 0 amide bonds. The number of nitrogens with one attached hydrogen (secondary N) is 1. The minimum absolute atomic E-state index is 0.0135. The van der Waals surface area contributed by atoms with E-state index in [9.17, 15) is 19.5 Å². The molecular formula is C15H18ClNO6. The van der Waals surface area contributed by atoms with Gasteiger partial charge in [0, 0.05) is 20.4 Å². The Morgan fingerprint density at radius 3 is 2.30 bits per heavy atom. The Balaban J connectivity index is 3.05. The van der Waals surface area contributed by atoms with Crippen LogP contribution in [0.15, 0.2) is 12.1 Å². The average molecular weight is 344 g/mol. The lowest BCUT2D eigenvalue weighted by Gasteiger charge is -2.16. The maximum atomic E-state index is 11.2. The van der Waals surface area contributed by atoms with Crippen LogP contribution in [0.1, 0.15) is 32.4 Å². The highest BCUT2D eigenvalue weighted by Crippen LogP contribution is 2.38. The molecule has 23 heavy (non-hydrogen) atoms. The predicted octanol–water partition coefficient (Wildman–Crippen LogP) is 1.40. The number of rotatable bonds is 7. The van der Waals surface area contributed by atoms with Crippen molar-refractivity contribution >= 4 is 29.3 Å². The Morgan fingerprint density at radius 2 is 1.78 bits per heavy atom. The number of ether oxygens (including phenoxy) is 2. The molecule has 1 aromatic rings. The van der Waals surface area contributed by atoms with Crippen LogP contribution in [0.5, 0.6) is 11.5 Å². The van der Waals surface area contributed by atoms with E-state index < -0.39 is 18.0 Å². The van der Waals surface area contributed by atoms with Crippen LogP contribution in [0.3, 0.4) is 0 Å². The first kappa shape index (κ1) is 19.1. The standard InChI is InChI=1S/C15H18ClNO6/c1-8(18)6-17-7-13(21)11-4-12(16)15(23-10(3)20)14(5-11)22-9(2)19/h4-5,13,17,21H,6-7H2,1-3H3/t13-/m1/s1. The molecule has 0 heterocycles. The van der Waals surface area contributed by atoms with Crippen LogP contribution >= 0.6 is 11.6 Å². The van der Waals surface area contributed by atoms with Crippen LogP contribution in [-0.4, -0.2) is 35.9 Å². The fourth-order valence-electron chi connectivity index (χ4n) is 1.76. The number of ketones is 1. The van der Waals surface area contributed by atoms with Crippen molar-refractivity contribution in [3.05, 3.63) is 22.7 Å². The van der Waals surface area contributed by atoms with Crippen LogP contribution in [0, 0.1) is 0 Å². The minimum Gasteiger partial charge on any atom is -0.423 e. The number of aliphatic hydroxyl groups is 1. The summed E-state index contributed by atoms with van der Waals surface area (Å²) in [6, 6.07) is 2.75. The number of hydrogen-bond donors (Lipinski definition) is 2. The Labute approximate surface area is 138 Å². The normalized spacial score (nSPS) is 11.7. The summed E-state index contributed by atoms with van der Waals surface area (Å²) in [5.41, 5.74) is 0.346. The number of halogens is 1. The van der Waals surface area contributed by atoms with Crippen molar-refractivity contribution in [2.45, 2.75) is 26.9 Å². The third-order valence-electron chi connectivity index (χ3n) is 2.63. The van der Waals surface area contributed by atoms with Crippen molar-refractivity contribution in [3.8, 4) is 11.5 Å². The number of benzene rings is 1. The van der Waals surface area contributed by atoms with E-state index in [0.717, 1.165) is 0 Å². The van der Waals surface area contributed by atoms with Gasteiger partial charge in [0.1, 0.15) is 5.78 Å². The lowest BCUT2D eigenvalue weighted by Crippen LogP contribution is -2.26. The third kappa shape index (κ3) is 6.35. The van der Waals surface area contributed by atoms with Gasteiger partial charge in [-0.15, -0.1) is 0 Å². The van der Waals surface area contributed by atoms with Crippen molar-refractivity contribution < 1.29 is 29.0 Å². The van der Waals surface area contributed by atoms with Crippen LogP contribution in [0.25, 0.3) is 0 Å². The summed E-state index contributed by atoms with van der Waals surface area (Å²) in [7, 11) is 0. The molecule has 126 valence electrons. The second-order valence-corrected chi connectivity index (χ2v) is 5.27. The fourth-order valence-corrected chi connectivity index (χ4v) is 2.01. The molecule has 0 saturated heterocycles. The number of Topliss-reactive ketones (excluding diaryl/α,β-unsaturated/α-hetero) is 1. The van der Waals surface area contributed by atoms with E-state index in [4.69, 9.17) is 21.1 Å². The Bertz CT molecular complexity index is 616. The van der Waals surface area contributed by atoms with Gasteiger partial charge in [-0.25, -0.2) is 0 Å². The molecule has 0 aliphatic heterocycles. The number of esters is 2.